The summed E-state index contributed by atoms with van der Waals surface area (Å²) in [6.07, 6.45) is 5.37. The number of nitrogens with one attached hydrogen (secondary N) is 1. The summed E-state index contributed by atoms with van der Waals surface area (Å²) in [4.78, 5) is 21.4. The van der Waals surface area contributed by atoms with E-state index < -0.39 is 0 Å². The Morgan fingerprint density at radius 1 is 1.40 bits per heavy atom. The number of benzene rings is 1. The van der Waals surface area contributed by atoms with E-state index in [0.29, 0.717) is 28.1 Å². The fourth-order valence-corrected chi connectivity index (χ4v) is 3.46. The Kier molecular flexibility index (Phi) is 5.67. The van der Waals surface area contributed by atoms with Crippen LogP contribution in [0.3, 0.4) is 0 Å². The molecule has 0 bridgehead atoms. The molecule has 9 heteroatoms. The number of amides is 1. The second-order valence-electron chi connectivity index (χ2n) is 5.53. The van der Waals surface area contributed by atoms with Crippen LogP contribution in [-0.2, 0) is 17.8 Å². The number of hydrogen-bond donors (Lipinski definition) is 1. The Morgan fingerprint density at radius 2 is 2.24 bits per heavy atom. The molecule has 1 amide bonds. The molecule has 0 spiro atoms. The summed E-state index contributed by atoms with van der Waals surface area (Å²) in [6, 6.07) is 5.54. The third-order valence-electron chi connectivity index (χ3n) is 3.56. The third-order valence-corrected chi connectivity index (χ3v) is 5.33. The first-order valence-electron chi connectivity index (χ1n) is 7.54. The molecule has 3 aromatic rings. The van der Waals surface area contributed by atoms with Gasteiger partial charge >= 0.3 is 0 Å². The summed E-state index contributed by atoms with van der Waals surface area (Å²) < 4.78 is 1.62. The molecule has 0 aliphatic carbocycles. The molecule has 1 N–H and O–H groups in total. The summed E-state index contributed by atoms with van der Waals surface area (Å²) in [6.45, 7) is 2.29. The van der Waals surface area contributed by atoms with Crippen LogP contribution in [0.1, 0.15) is 17.4 Å². The fourth-order valence-electron chi connectivity index (χ4n) is 2.24. The monoisotopic (exact) mass is 395 g/mol. The smallest absolute Gasteiger partial charge is 0.230 e. The highest BCUT2D eigenvalue weighted by atomic mass is 35.5. The molecule has 1 atom stereocenters. The van der Waals surface area contributed by atoms with E-state index in [-0.39, 0.29) is 11.8 Å². The lowest BCUT2D eigenvalue weighted by atomic mass is 10.1. The second kappa shape index (κ2) is 7.95. The normalized spacial score (nSPS) is 12.1. The van der Waals surface area contributed by atoms with Crippen molar-refractivity contribution < 1.29 is 4.79 Å². The minimum absolute atomic E-state index is 0.114. The van der Waals surface area contributed by atoms with Crippen LogP contribution < -0.4 is 5.32 Å². The quantitative estimate of drug-likeness (QED) is 0.686. The van der Waals surface area contributed by atoms with Crippen molar-refractivity contribution in [3.05, 3.63) is 57.5 Å². The van der Waals surface area contributed by atoms with E-state index in [1.54, 1.807) is 23.3 Å². The van der Waals surface area contributed by atoms with Crippen LogP contribution in [0.4, 0.5) is 5.13 Å². The molecule has 0 saturated heterocycles. The molecule has 1 unspecified atom stereocenters. The number of aromatic nitrogens is 4. The molecule has 0 radical (unpaired) electrons. The van der Waals surface area contributed by atoms with Gasteiger partial charge in [-0.2, -0.15) is 5.10 Å². The zero-order valence-electron chi connectivity index (χ0n) is 13.3. The molecule has 0 fully saturated rings. The molecular weight excluding hydrogens is 381 g/mol. The van der Waals surface area contributed by atoms with Gasteiger partial charge in [-0.1, -0.05) is 42.3 Å². The zero-order valence-corrected chi connectivity index (χ0v) is 15.6. The number of rotatable bonds is 6. The van der Waals surface area contributed by atoms with Gasteiger partial charge in [0.1, 0.15) is 12.7 Å². The van der Waals surface area contributed by atoms with Crippen LogP contribution in [0.15, 0.2) is 37.1 Å². The lowest BCUT2D eigenvalue weighted by Gasteiger charge is -2.10. The highest BCUT2D eigenvalue weighted by molar-refractivity contribution is 7.15. The number of nitrogens with zero attached hydrogens (tertiary/aromatic N) is 4. The summed E-state index contributed by atoms with van der Waals surface area (Å²) in [7, 11) is 0. The van der Waals surface area contributed by atoms with Gasteiger partial charge in [0, 0.05) is 17.5 Å². The van der Waals surface area contributed by atoms with Crippen molar-refractivity contribution >= 4 is 45.6 Å². The Balaban J connectivity index is 1.61. The van der Waals surface area contributed by atoms with E-state index in [9.17, 15) is 4.79 Å². The molecule has 2 aromatic heterocycles. The predicted octanol–water partition coefficient (Wildman–Crippen LogP) is 3.91. The van der Waals surface area contributed by atoms with Crippen molar-refractivity contribution in [1.82, 2.24) is 19.7 Å². The van der Waals surface area contributed by atoms with Crippen molar-refractivity contribution in [2.45, 2.75) is 19.9 Å². The molecule has 0 aliphatic heterocycles. The van der Waals surface area contributed by atoms with Gasteiger partial charge in [-0.3, -0.25) is 9.48 Å². The minimum atomic E-state index is -0.253. The van der Waals surface area contributed by atoms with E-state index in [1.165, 1.54) is 17.7 Å². The Labute approximate surface area is 158 Å². The average Bonchev–Trinajstić information content (AvgIpc) is 3.24. The van der Waals surface area contributed by atoms with Crippen LogP contribution in [0.2, 0.25) is 10.0 Å². The van der Waals surface area contributed by atoms with E-state index in [2.05, 4.69) is 20.4 Å². The highest BCUT2D eigenvalue weighted by Gasteiger charge is 2.16. The molecule has 25 heavy (non-hydrogen) atoms. The van der Waals surface area contributed by atoms with E-state index in [4.69, 9.17) is 23.2 Å². The first-order chi connectivity index (χ1) is 12.0. The fraction of sp³-hybridized carbons (Fsp3) is 0.250. The topological polar surface area (TPSA) is 72.7 Å². The summed E-state index contributed by atoms with van der Waals surface area (Å²) >= 11 is 13.7. The number of halogens is 2. The number of anilines is 1. The van der Waals surface area contributed by atoms with Crippen molar-refractivity contribution in [2.75, 3.05) is 5.32 Å². The molecule has 3 rings (SSSR count). The molecule has 1 aromatic carbocycles. The van der Waals surface area contributed by atoms with Crippen molar-refractivity contribution in [3.63, 3.8) is 0 Å². The van der Waals surface area contributed by atoms with Gasteiger partial charge in [-0.25, -0.2) is 9.97 Å². The Morgan fingerprint density at radius 3 is 3.00 bits per heavy atom. The van der Waals surface area contributed by atoms with Gasteiger partial charge in [0.25, 0.3) is 0 Å². The second-order valence-corrected chi connectivity index (χ2v) is 7.43. The SMILES string of the molecule is CC(Cn1cncn1)C(=O)Nc1ncc(Cc2cccc(Cl)c2Cl)s1. The summed E-state index contributed by atoms with van der Waals surface area (Å²) in [5.74, 6) is -0.367. The largest absolute Gasteiger partial charge is 0.302 e. The standard InChI is InChI=1S/C16H15Cl2N5OS/c1-10(7-23-9-19-8-21-23)15(24)22-16-20-6-12(25-16)5-11-3-2-4-13(17)14(11)18/h2-4,6,8-10H,5,7H2,1H3,(H,20,22,24). The first kappa shape index (κ1) is 17.8. The lowest BCUT2D eigenvalue weighted by Crippen LogP contribution is -2.24. The van der Waals surface area contributed by atoms with Gasteiger partial charge in [0.2, 0.25) is 5.91 Å². The number of carbonyl (C=O) groups is 1. The van der Waals surface area contributed by atoms with Crippen LogP contribution in [0.25, 0.3) is 0 Å². The minimum Gasteiger partial charge on any atom is -0.302 e. The van der Waals surface area contributed by atoms with Crippen LogP contribution in [0, 0.1) is 5.92 Å². The number of carbonyl (C=O) groups excluding carboxylic acids is 1. The van der Waals surface area contributed by atoms with Gasteiger partial charge in [0.05, 0.1) is 22.5 Å². The maximum absolute atomic E-state index is 12.3. The van der Waals surface area contributed by atoms with E-state index in [1.807, 2.05) is 19.1 Å². The number of thiazole rings is 1. The van der Waals surface area contributed by atoms with E-state index >= 15 is 0 Å². The van der Waals surface area contributed by atoms with Crippen molar-refractivity contribution in [2.24, 2.45) is 5.92 Å². The van der Waals surface area contributed by atoms with Crippen molar-refractivity contribution in [1.29, 1.82) is 0 Å². The molecule has 0 aliphatic rings. The zero-order chi connectivity index (χ0) is 17.8. The Hall–Kier alpha value is -1.96. The van der Waals surface area contributed by atoms with Gasteiger partial charge < -0.3 is 5.32 Å². The van der Waals surface area contributed by atoms with Gasteiger partial charge in [-0.05, 0) is 11.6 Å². The molecular formula is C16H15Cl2N5OS. The van der Waals surface area contributed by atoms with Crippen LogP contribution in [-0.4, -0.2) is 25.7 Å². The predicted molar refractivity (Wildman–Crippen MR) is 99.2 cm³/mol. The van der Waals surface area contributed by atoms with Gasteiger partial charge in [-0.15, -0.1) is 11.3 Å². The molecule has 0 saturated carbocycles. The molecule has 130 valence electrons. The molecule has 2 heterocycles. The van der Waals surface area contributed by atoms with E-state index in [0.717, 1.165) is 10.4 Å². The average molecular weight is 396 g/mol. The van der Waals surface area contributed by atoms with Crippen LogP contribution in [0.5, 0.6) is 0 Å². The number of hydrogen-bond acceptors (Lipinski definition) is 5. The highest BCUT2D eigenvalue weighted by Crippen LogP contribution is 2.29. The van der Waals surface area contributed by atoms with Gasteiger partial charge in [0.15, 0.2) is 5.13 Å². The maximum Gasteiger partial charge on any atom is 0.230 e. The maximum atomic E-state index is 12.3. The van der Waals surface area contributed by atoms with Crippen LogP contribution >= 0.6 is 34.5 Å². The molecule has 6 nitrogen and oxygen atoms in total. The van der Waals surface area contributed by atoms with Crippen molar-refractivity contribution in [3.8, 4) is 0 Å². The Bertz CT molecular complexity index is 865. The third kappa shape index (κ3) is 4.56. The first-order valence-corrected chi connectivity index (χ1v) is 9.11. The lowest BCUT2D eigenvalue weighted by molar-refractivity contribution is -0.119. The summed E-state index contributed by atoms with van der Waals surface area (Å²) in [5.41, 5.74) is 0.926. The summed E-state index contributed by atoms with van der Waals surface area (Å²) in [5, 5.41) is 8.47.